The van der Waals surface area contributed by atoms with Gasteiger partial charge in [-0.2, -0.15) is 0 Å². The number of hydrogen-bond donors (Lipinski definition) is 1. The lowest BCUT2D eigenvalue weighted by molar-refractivity contribution is 0.102. The van der Waals surface area contributed by atoms with Crippen LogP contribution in [0.4, 0.5) is 5.69 Å². The van der Waals surface area contributed by atoms with Crippen LogP contribution in [0.15, 0.2) is 60.9 Å². The molecule has 2 aromatic carbocycles. The Kier molecular flexibility index (Phi) is 3.97. The Morgan fingerprint density at radius 3 is 2.67 bits per heavy atom. The first kappa shape index (κ1) is 13.8. The number of alkyl halides is 1. The minimum Gasteiger partial charge on any atom is -0.321 e. The van der Waals surface area contributed by atoms with E-state index < -0.39 is 0 Å². The quantitative estimate of drug-likeness (QED) is 0.718. The Balaban J connectivity index is 1.89. The Labute approximate surface area is 131 Å². The van der Waals surface area contributed by atoms with Crippen LogP contribution in [0.5, 0.6) is 0 Å². The third-order valence-electron chi connectivity index (χ3n) is 3.30. The van der Waals surface area contributed by atoms with Crippen LogP contribution in [0.1, 0.15) is 15.9 Å². The summed E-state index contributed by atoms with van der Waals surface area (Å²) in [7, 11) is 0. The molecule has 0 saturated heterocycles. The van der Waals surface area contributed by atoms with Crippen molar-refractivity contribution in [2.45, 2.75) is 5.33 Å². The molecule has 0 spiro atoms. The molecule has 0 saturated carbocycles. The van der Waals surface area contributed by atoms with Crippen molar-refractivity contribution in [1.29, 1.82) is 0 Å². The minimum atomic E-state index is -0.111. The predicted octanol–water partition coefficient (Wildman–Crippen LogP) is 4.38. The summed E-state index contributed by atoms with van der Waals surface area (Å²) >= 11 is 3.39. The zero-order chi connectivity index (χ0) is 14.7. The zero-order valence-corrected chi connectivity index (χ0v) is 12.8. The molecule has 4 heteroatoms. The molecule has 0 radical (unpaired) electrons. The van der Waals surface area contributed by atoms with Crippen LogP contribution in [0, 0.1) is 0 Å². The Bertz CT molecular complexity index is 779. The summed E-state index contributed by atoms with van der Waals surface area (Å²) in [6.45, 7) is 0. The molecule has 1 amide bonds. The number of anilines is 1. The van der Waals surface area contributed by atoms with E-state index in [0.717, 1.165) is 27.4 Å². The van der Waals surface area contributed by atoms with Gasteiger partial charge in [-0.3, -0.25) is 9.78 Å². The summed E-state index contributed by atoms with van der Waals surface area (Å²) in [6.07, 6.45) is 3.51. The van der Waals surface area contributed by atoms with Crippen molar-refractivity contribution in [3.05, 3.63) is 72.1 Å². The van der Waals surface area contributed by atoms with E-state index >= 15 is 0 Å². The SMILES string of the molecule is O=C(Nc1cccc2cnccc12)c1ccc(CBr)cc1. The number of fused-ring (bicyclic) bond motifs is 1. The maximum Gasteiger partial charge on any atom is 0.255 e. The van der Waals surface area contributed by atoms with Gasteiger partial charge in [-0.25, -0.2) is 0 Å². The number of halogens is 1. The maximum atomic E-state index is 12.3. The van der Waals surface area contributed by atoms with Crippen molar-refractivity contribution >= 4 is 38.3 Å². The van der Waals surface area contributed by atoms with E-state index in [1.807, 2.05) is 48.5 Å². The number of rotatable bonds is 3. The Hall–Kier alpha value is -2.20. The molecule has 104 valence electrons. The molecule has 0 bridgehead atoms. The van der Waals surface area contributed by atoms with Crippen molar-refractivity contribution in [3.63, 3.8) is 0 Å². The van der Waals surface area contributed by atoms with Crippen LogP contribution in [-0.2, 0) is 5.33 Å². The van der Waals surface area contributed by atoms with Gasteiger partial charge in [-0.1, -0.05) is 40.2 Å². The van der Waals surface area contributed by atoms with E-state index in [4.69, 9.17) is 0 Å². The summed E-state index contributed by atoms with van der Waals surface area (Å²) in [6, 6.07) is 15.2. The van der Waals surface area contributed by atoms with Crippen LogP contribution in [0.3, 0.4) is 0 Å². The molecule has 3 aromatic rings. The molecule has 0 aliphatic heterocycles. The summed E-state index contributed by atoms with van der Waals surface area (Å²) in [4.78, 5) is 16.4. The van der Waals surface area contributed by atoms with Crippen molar-refractivity contribution < 1.29 is 4.79 Å². The fourth-order valence-corrected chi connectivity index (χ4v) is 2.55. The third kappa shape index (κ3) is 2.95. The largest absolute Gasteiger partial charge is 0.321 e. The van der Waals surface area contributed by atoms with Crippen LogP contribution in [0.2, 0.25) is 0 Å². The van der Waals surface area contributed by atoms with Gasteiger partial charge in [0, 0.05) is 39.7 Å². The van der Waals surface area contributed by atoms with Gasteiger partial charge < -0.3 is 5.32 Å². The van der Waals surface area contributed by atoms with Gasteiger partial charge in [0.1, 0.15) is 0 Å². The molecule has 21 heavy (non-hydrogen) atoms. The molecule has 1 N–H and O–H groups in total. The average Bonchev–Trinajstić information content (AvgIpc) is 2.55. The summed E-state index contributed by atoms with van der Waals surface area (Å²) < 4.78 is 0. The lowest BCUT2D eigenvalue weighted by atomic mass is 10.1. The second kappa shape index (κ2) is 6.06. The summed E-state index contributed by atoms with van der Waals surface area (Å²) in [5.41, 5.74) is 2.58. The molecule has 0 aliphatic carbocycles. The summed E-state index contributed by atoms with van der Waals surface area (Å²) in [5, 5.41) is 5.73. The first-order chi connectivity index (χ1) is 10.3. The van der Waals surface area contributed by atoms with Gasteiger partial charge in [-0.15, -0.1) is 0 Å². The number of amides is 1. The highest BCUT2D eigenvalue weighted by Gasteiger charge is 2.08. The van der Waals surface area contributed by atoms with Crippen LogP contribution >= 0.6 is 15.9 Å². The van der Waals surface area contributed by atoms with Crippen LogP contribution < -0.4 is 5.32 Å². The van der Waals surface area contributed by atoms with Crippen molar-refractivity contribution in [2.24, 2.45) is 0 Å². The van der Waals surface area contributed by atoms with E-state index in [-0.39, 0.29) is 5.91 Å². The standard InChI is InChI=1S/C17H13BrN2O/c18-10-12-4-6-13(7-5-12)17(21)20-16-3-1-2-14-11-19-9-8-15(14)16/h1-9,11H,10H2,(H,20,21). The first-order valence-electron chi connectivity index (χ1n) is 6.57. The summed E-state index contributed by atoms with van der Waals surface area (Å²) in [5.74, 6) is -0.111. The molecule has 1 aromatic heterocycles. The van der Waals surface area contributed by atoms with Crippen molar-refractivity contribution in [3.8, 4) is 0 Å². The van der Waals surface area contributed by atoms with E-state index in [2.05, 4.69) is 26.2 Å². The van der Waals surface area contributed by atoms with Crippen LogP contribution in [-0.4, -0.2) is 10.9 Å². The number of benzene rings is 2. The number of aromatic nitrogens is 1. The van der Waals surface area contributed by atoms with Gasteiger partial charge in [0.2, 0.25) is 0 Å². The van der Waals surface area contributed by atoms with E-state index in [9.17, 15) is 4.79 Å². The number of nitrogens with one attached hydrogen (secondary N) is 1. The molecule has 0 unspecified atom stereocenters. The Morgan fingerprint density at radius 2 is 1.90 bits per heavy atom. The van der Waals surface area contributed by atoms with E-state index in [0.29, 0.717) is 5.56 Å². The number of pyridine rings is 1. The average molecular weight is 341 g/mol. The second-order valence-electron chi connectivity index (χ2n) is 4.69. The smallest absolute Gasteiger partial charge is 0.255 e. The number of carbonyl (C=O) groups is 1. The molecule has 3 rings (SSSR count). The predicted molar refractivity (Wildman–Crippen MR) is 88.8 cm³/mol. The number of hydrogen-bond acceptors (Lipinski definition) is 2. The van der Waals surface area contributed by atoms with Gasteiger partial charge in [-0.05, 0) is 29.8 Å². The van der Waals surface area contributed by atoms with Gasteiger partial charge in [0.05, 0.1) is 0 Å². The van der Waals surface area contributed by atoms with Crippen LogP contribution in [0.25, 0.3) is 10.8 Å². The Morgan fingerprint density at radius 1 is 1.10 bits per heavy atom. The molecular weight excluding hydrogens is 328 g/mol. The minimum absolute atomic E-state index is 0.111. The molecule has 0 aliphatic rings. The fourth-order valence-electron chi connectivity index (χ4n) is 2.17. The molecule has 1 heterocycles. The lowest BCUT2D eigenvalue weighted by Crippen LogP contribution is -2.12. The van der Waals surface area contributed by atoms with Crippen molar-refractivity contribution in [1.82, 2.24) is 4.98 Å². The number of nitrogens with zero attached hydrogens (tertiary/aromatic N) is 1. The van der Waals surface area contributed by atoms with E-state index in [1.54, 1.807) is 12.4 Å². The van der Waals surface area contributed by atoms with Gasteiger partial charge >= 0.3 is 0 Å². The second-order valence-corrected chi connectivity index (χ2v) is 5.25. The van der Waals surface area contributed by atoms with Gasteiger partial charge in [0.25, 0.3) is 5.91 Å². The molecule has 0 atom stereocenters. The third-order valence-corrected chi connectivity index (χ3v) is 3.95. The molecule has 3 nitrogen and oxygen atoms in total. The highest BCUT2D eigenvalue weighted by atomic mass is 79.9. The van der Waals surface area contributed by atoms with Crippen molar-refractivity contribution in [2.75, 3.05) is 5.32 Å². The zero-order valence-electron chi connectivity index (χ0n) is 11.2. The topological polar surface area (TPSA) is 42.0 Å². The monoisotopic (exact) mass is 340 g/mol. The molecule has 0 fully saturated rings. The molecular formula is C17H13BrN2O. The fraction of sp³-hybridized carbons (Fsp3) is 0.0588. The highest BCUT2D eigenvalue weighted by molar-refractivity contribution is 9.08. The lowest BCUT2D eigenvalue weighted by Gasteiger charge is -2.08. The van der Waals surface area contributed by atoms with E-state index in [1.165, 1.54) is 0 Å². The maximum absolute atomic E-state index is 12.3. The number of carbonyl (C=O) groups excluding carboxylic acids is 1. The normalized spacial score (nSPS) is 10.5. The van der Waals surface area contributed by atoms with Gasteiger partial charge in [0.15, 0.2) is 0 Å². The highest BCUT2D eigenvalue weighted by Crippen LogP contribution is 2.22. The first-order valence-corrected chi connectivity index (χ1v) is 7.69.